The van der Waals surface area contributed by atoms with E-state index in [1.165, 1.54) is 6.07 Å². The highest BCUT2D eigenvalue weighted by Crippen LogP contribution is 2.33. The van der Waals surface area contributed by atoms with Crippen molar-refractivity contribution in [1.29, 1.82) is 0 Å². The zero-order valence-corrected chi connectivity index (χ0v) is 8.18. The number of benzene rings is 1. The standard InChI is InChI=1S/C8H8BrF2NO/c9-7-5(11)2-1-4(8(7)13)6(12)3-10/h1-2,6,13H,3,12H2/t6-/m0/s1. The fraction of sp³-hybridized carbons (Fsp3) is 0.250. The molecule has 2 nitrogen and oxygen atoms in total. The molecule has 0 heterocycles. The number of alkyl halides is 1. The number of phenolic OH excluding ortho intramolecular Hbond substituents is 1. The summed E-state index contributed by atoms with van der Waals surface area (Å²) in [5.74, 6) is -0.947. The Morgan fingerprint density at radius 1 is 1.54 bits per heavy atom. The lowest BCUT2D eigenvalue weighted by Gasteiger charge is -2.10. The van der Waals surface area contributed by atoms with Crippen molar-refractivity contribution in [2.24, 2.45) is 5.73 Å². The quantitative estimate of drug-likeness (QED) is 0.847. The predicted octanol–water partition coefficient (Wildman–Crippen LogP) is 2.26. The Morgan fingerprint density at radius 2 is 2.15 bits per heavy atom. The maximum Gasteiger partial charge on any atom is 0.141 e. The molecule has 0 radical (unpaired) electrons. The van der Waals surface area contributed by atoms with Crippen molar-refractivity contribution in [2.75, 3.05) is 6.67 Å². The lowest BCUT2D eigenvalue weighted by atomic mass is 10.1. The molecule has 0 aliphatic rings. The van der Waals surface area contributed by atoms with Gasteiger partial charge in [0.2, 0.25) is 0 Å². The predicted molar refractivity (Wildman–Crippen MR) is 48.7 cm³/mol. The second-order valence-corrected chi connectivity index (χ2v) is 3.35. The SMILES string of the molecule is N[C@@H](CF)c1ccc(F)c(Br)c1O. The largest absolute Gasteiger partial charge is 0.506 e. The first-order chi connectivity index (χ1) is 6.07. The van der Waals surface area contributed by atoms with Gasteiger partial charge in [-0.1, -0.05) is 6.07 Å². The third-order valence-electron chi connectivity index (χ3n) is 1.67. The molecule has 0 bridgehead atoms. The molecule has 3 N–H and O–H groups in total. The molecule has 0 aliphatic heterocycles. The van der Waals surface area contributed by atoms with Crippen molar-refractivity contribution >= 4 is 15.9 Å². The maximum absolute atomic E-state index is 12.8. The molecular formula is C8H8BrF2NO. The van der Waals surface area contributed by atoms with E-state index in [9.17, 15) is 13.9 Å². The van der Waals surface area contributed by atoms with Crippen LogP contribution in [0.2, 0.25) is 0 Å². The van der Waals surface area contributed by atoms with Crippen LogP contribution in [0.15, 0.2) is 16.6 Å². The van der Waals surface area contributed by atoms with E-state index >= 15 is 0 Å². The Labute approximate surface area is 82.5 Å². The first-order valence-electron chi connectivity index (χ1n) is 3.56. The van der Waals surface area contributed by atoms with Crippen LogP contribution in [0.3, 0.4) is 0 Å². The zero-order valence-electron chi connectivity index (χ0n) is 6.60. The molecular weight excluding hydrogens is 244 g/mol. The molecule has 0 saturated heterocycles. The van der Waals surface area contributed by atoms with Gasteiger partial charge in [-0.05, 0) is 22.0 Å². The van der Waals surface area contributed by atoms with Crippen LogP contribution in [-0.2, 0) is 0 Å². The summed E-state index contributed by atoms with van der Waals surface area (Å²) in [6.45, 7) is -0.800. The molecule has 0 spiro atoms. The highest BCUT2D eigenvalue weighted by atomic mass is 79.9. The summed E-state index contributed by atoms with van der Waals surface area (Å²) in [5.41, 5.74) is 5.53. The van der Waals surface area contributed by atoms with Crippen molar-refractivity contribution in [3.8, 4) is 5.75 Å². The van der Waals surface area contributed by atoms with Crippen LogP contribution in [0, 0.1) is 5.82 Å². The Balaban J connectivity index is 3.18. The summed E-state index contributed by atoms with van der Waals surface area (Å²) in [7, 11) is 0. The third-order valence-corrected chi connectivity index (χ3v) is 2.42. The highest BCUT2D eigenvalue weighted by molar-refractivity contribution is 9.10. The molecule has 0 amide bonds. The average molecular weight is 252 g/mol. The number of hydrogen-bond donors (Lipinski definition) is 2. The smallest absolute Gasteiger partial charge is 0.141 e. The van der Waals surface area contributed by atoms with Crippen LogP contribution in [0.25, 0.3) is 0 Å². The van der Waals surface area contributed by atoms with E-state index in [-0.39, 0.29) is 15.8 Å². The van der Waals surface area contributed by atoms with Gasteiger partial charge in [-0.2, -0.15) is 0 Å². The molecule has 0 fully saturated rings. The molecule has 0 unspecified atom stereocenters. The van der Waals surface area contributed by atoms with Gasteiger partial charge in [-0.15, -0.1) is 0 Å². The maximum atomic E-state index is 12.8. The molecule has 0 aromatic heterocycles. The first-order valence-corrected chi connectivity index (χ1v) is 4.35. The summed E-state index contributed by atoms with van der Waals surface area (Å²) in [6, 6.07) is 1.46. The number of phenols is 1. The highest BCUT2D eigenvalue weighted by Gasteiger charge is 2.15. The minimum absolute atomic E-state index is 0.0890. The molecule has 72 valence electrons. The van der Waals surface area contributed by atoms with Crippen molar-refractivity contribution < 1.29 is 13.9 Å². The lowest BCUT2D eigenvalue weighted by Crippen LogP contribution is -2.12. The van der Waals surface area contributed by atoms with Gasteiger partial charge in [-0.3, -0.25) is 0 Å². The number of halogens is 3. The minimum atomic E-state index is -0.920. The number of nitrogens with two attached hydrogens (primary N) is 1. The van der Waals surface area contributed by atoms with Gasteiger partial charge in [-0.25, -0.2) is 8.78 Å². The van der Waals surface area contributed by atoms with Gasteiger partial charge in [0.15, 0.2) is 0 Å². The van der Waals surface area contributed by atoms with Crippen molar-refractivity contribution in [2.45, 2.75) is 6.04 Å². The Kier molecular flexibility index (Phi) is 3.22. The number of rotatable bonds is 2. The first kappa shape index (κ1) is 10.4. The third kappa shape index (κ3) is 1.97. The van der Waals surface area contributed by atoms with Gasteiger partial charge in [0, 0.05) is 5.56 Å². The van der Waals surface area contributed by atoms with E-state index < -0.39 is 18.5 Å². The lowest BCUT2D eigenvalue weighted by molar-refractivity contribution is 0.410. The molecule has 1 rings (SSSR count). The van der Waals surface area contributed by atoms with Crippen LogP contribution in [0.4, 0.5) is 8.78 Å². The summed E-state index contributed by atoms with van der Waals surface area (Å²) in [5, 5.41) is 9.35. The average Bonchev–Trinajstić information content (AvgIpc) is 2.13. The Hall–Kier alpha value is -0.680. The molecule has 5 heteroatoms. The topological polar surface area (TPSA) is 46.2 Å². The van der Waals surface area contributed by atoms with Crippen LogP contribution >= 0.6 is 15.9 Å². The normalized spacial score (nSPS) is 12.9. The van der Waals surface area contributed by atoms with E-state index in [2.05, 4.69) is 15.9 Å². The molecule has 0 saturated carbocycles. The van der Waals surface area contributed by atoms with E-state index in [0.717, 1.165) is 6.07 Å². The van der Waals surface area contributed by atoms with Crippen molar-refractivity contribution in [3.05, 3.63) is 28.0 Å². The summed E-state index contributed by atoms with van der Waals surface area (Å²) >= 11 is 2.82. The van der Waals surface area contributed by atoms with Crippen LogP contribution in [0.1, 0.15) is 11.6 Å². The Morgan fingerprint density at radius 3 is 2.69 bits per heavy atom. The van der Waals surface area contributed by atoms with E-state index in [1.807, 2.05) is 0 Å². The fourth-order valence-corrected chi connectivity index (χ4v) is 1.30. The summed E-state index contributed by atoms with van der Waals surface area (Å²) in [4.78, 5) is 0. The Bertz CT molecular complexity index is 319. The zero-order chi connectivity index (χ0) is 10.0. The number of hydrogen-bond acceptors (Lipinski definition) is 2. The van der Waals surface area contributed by atoms with E-state index in [1.54, 1.807) is 0 Å². The second kappa shape index (κ2) is 4.02. The molecule has 1 aromatic rings. The molecule has 13 heavy (non-hydrogen) atoms. The van der Waals surface area contributed by atoms with Crippen molar-refractivity contribution in [3.63, 3.8) is 0 Å². The summed E-state index contributed by atoms with van der Waals surface area (Å²) < 4.78 is 24.8. The molecule has 0 aliphatic carbocycles. The van der Waals surface area contributed by atoms with Crippen LogP contribution < -0.4 is 5.73 Å². The number of aromatic hydroxyl groups is 1. The van der Waals surface area contributed by atoms with E-state index in [4.69, 9.17) is 5.73 Å². The van der Waals surface area contributed by atoms with Crippen molar-refractivity contribution in [1.82, 2.24) is 0 Å². The van der Waals surface area contributed by atoms with Gasteiger partial charge in [0.1, 0.15) is 18.2 Å². The molecule has 1 atom stereocenters. The van der Waals surface area contributed by atoms with Crippen LogP contribution in [0.5, 0.6) is 5.75 Å². The van der Waals surface area contributed by atoms with Crippen LogP contribution in [-0.4, -0.2) is 11.8 Å². The monoisotopic (exact) mass is 251 g/mol. The second-order valence-electron chi connectivity index (χ2n) is 2.56. The van der Waals surface area contributed by atoms with E-state index in [0.29, 0.717) is 0 Å². The minimum Gasteiger partial charge on any atom is -0.506 e. The van der Waals surface area contributed by atoms with Gasteiger partial charge >= 0.3 is 0 Å². The molecule has 1 aromatic carbocycles. The van der Waals surface area contributed by atoms with Gasteiger partial charge < -0.3 is 10.8 Å². The van der Waals surface area contributed by atoms with Gasteiger partial charge in [0.05, 0.1) is 10.5 Å². The fourth-order valence-electron chi connectivity index (χ4n) is 0.937. The van der Waals surface area contributed by atoms with Gasteiger partial charge in [0.25, 0.3) is 0 Å². The summed E-state index contributed by atoms with van der Waals surface area (Å²) in [6.07, 6.45) is 0.